The topological polar surface area (TPSA) is 79.5 Å². The van der Waals surface area contributed by atoms with Crippen LogP contribution in [0.15, 0.2) is 24.3 Å². The molecule has 3 N–H and O–H groups in total. The Labute approximate surface area is 148 Å². The monoisotopic (exact) mass is 345 g/mol. The van der Waals surface area contributed by atoms with Gasteiger partial charge in [0.05, 0.1) is 12.6 Å². The van der Waals surface area contributed by atoms with Crippen LogP contribution in [0, 0.1) is 5.41 Å². The third-order valence-corrected chi connectivity index (χ3v) is 5.28. The number of nitrogens with one attached hydrogen (secondary N) is 3. The zero-order valence-corrected chi connectivity index (χ0v) is 14.9. The highest BCUT2D eigenvalue weighted by Gasteiger charge is 2.48. The summed E-state index contributed by atoms with van der Waals surface area (Å²) in [6.45, 7) is 6.35. The minimum atomic E-state index is -0.329. The molecule has 1 spiro atoms. The lowest BCUT2D eigenvalue weighted by molar-refractivity contribution is -0.123. The fraction of sp³-hybridized carbons (Fsp3) is 0.579. The van der Waals surface area contributed by atoms with E-state index in [9.17, 15) is 9.59 Å². The van der Waals surface area contributed by atoms with Crippen LogP contribution in [0.25, 0.3) is 0 Å². The van der Waals surface area contributed by atoms with Gasteiger partial charge in [0, 0.05) is 30.9 Å². The molecule has 1 unspecified atom stereocenters. The average Bonchev–Trinajstić information content (AvgIpc) is 2.89. The number of amides is 2. The molecule has 0 saturated carbocycles. The van der Waals surface area contributed by atoms with Gasteiger partial charge in [0.15, 0.2) is 0 Å². The lowest BCUT2D eigenvalue weighted by Crippen LogP contribution is -2.51. The zero-order valence-electron chi connectivity index (χ0n) is 14.9. The fourth-order valence-electron chi connectivity index (χ4n) is 3.67. The Morgan fingerprint density at radius 1 is 1.36 bits per heavy atom. The molecule has 2 aliphatic rings. The maximum absolute atomic E-state index is 12.3. The fourth-order valence-corrected chi connectivity index (χ4v) is 3.67. The summed E-state index contributed by atoms with van der Waals surface area (Å²) in [5.74, 6) is 0.255. The molecule has 0 bridgehead atoms. The molecule has 0 aliphatic carbocycles. The maximum atomic E-state index is 12.3. The predicted molar refractivity (Wildman–Crippen MR) is 96.4 cm³/mol. The van der Waals surface area contributed by atoms with Crippen molar-refractivity contribution in [2.24, 2.45) is 5.41 Å². The number of ether oxygens (including phenoxy) is 1. The van der Waals surface area contributed by atoms with E-state index >= 15 is 0 Å². The highest BCUT2D eigenvalue weighted by atomic mass is 16.5. The van der Waals surface area contributed by atoms with Crippen LogP contribution in [0.3, 0.4) is 0 Å². The third-order valence-electron chi connectivity index (χ3n) is 5.28. The van der Waals surface area contributed by atoms with E-state index in [4.69, 9.17) is 4.74 Å². The van der Waals surface area contributed by atoms with Crippen LogP contribution in [0.1, 0.15) is 38.2 Å². The van der Waals surface area contributed by atoms with Gasteiger partial charge in [-0.1, -0.05) is 26.0 Å². The normalized spacial score (nSPS) is 22.2. The Morgan fingerprint density at radius 2 is 2.12 bits per heavy atom. The Kier molecular flexibility index (Phi) is 5.39. The first-order chi connectivity index (χ1) is 12.0. The predicted octanol–water partition coefficient (Wildman–Crippen LogP) is 1.63. The molecule has 2 saturated heterocycles. The Morgan fingerprint density at radius 3 is 2.84 bits per heavy atom. The molecule has 2 aliphatic heterocycles. The van der Waals surface area contributed by atoms with Gasteiger partial charge in [-0.05, 0) is 36.5 Å². The van der Waals surface area contributed by atoms with Gasteiger partial charge in [-0.2, -0.15) is 0 Å². The van der Waals surface area contributed by atoms with Crippen molar-refractivity contribution in [2.75, 3.05) is 31.6 Å². The smallest absolute Gasteiger partial charge is 0.238 e. The van der Waals surface area contributed by atoms with Crippen LogP contribution in [0.4, 0.5) is 5.69 Å². The number of rotatable bonds is 5. The number of carbonyl (C=O) groups excluding carboxylic acids is 2. The van der Waals surface area contributed by atoms with E-state index in [0.717, 1.165) is 18.5 Å². The highest BCUT2D eigenvalue weighted by molar-refractivity contribution is 5.93. The molecule has 25 heavy (non-hydrogen) atoms. The molecule has 136 valence electrons. The molecule has 1 atom stereocenters. The summed E-state index contributed by atoms with van der Waals surface area (Å²) < 4.78 is 5.43. The third kappa shape index (κ3) is 4.02. The standard InChI is InChI=1S/C19H27N3O3/c1-13(2)14-4-3-5-15(10-14)22-16(23)11-20-17-18(24)21-12-19(17)6-8-25-9-7-19/h3-5,10,13,17,20H,6-9,11-12H2,1-2H3,(H,21,24)(H,22,23). The van der Waals surface area contributed by atoms with Gasteiger partial charge in [0.2, 0.25) is 11.8 Å². The molecule has 0 radical (unpaired) electrons. The molecule has 3 rings (SSSR count). The lowest BCUT2D eigenvalue weighted by Gasteiger charge is -2.36. The quantitative estimate of drug-likeness (QED) is 0.758. The van der Waals surface area contributed by atoms with Gasteiger partial charge in [-0.25, -0.2) is 0 Å². The summed E-state index contributed by atoms with van der Waals surface area (Å²) in [6.07, 6.45) is 1.67. The van der Waals surface area contributed by atoms with Gasteiger partial charge in [0.25, 0.3) is 0 Å². The second-order valence-corrected chi connectivity index (χ2v) is 7.33. The van der Waals surface area contributed by atoms with Gasteiger partial charge < -0.3 is 15.4 Å². The second-order valence-electron chi connectivity index (χ2n) is 7.33. The Balaban J connectivity index is 1.58. The molecule has 1 aromatic rings. The minimum Gasteiger partial charge on any atom is -0.381 e. The van der Waals surface area contributed by atoms with Crippen molar-refractivity contribution in [3.05, 3.63) is 29.8 Å². The van der Waals surface area contributed by atoms with Gasteiger partial charge in [0.1, 0.15) is 0 Å². The summed E-state index contributed by atoms with van der Waals surface area (Å²) >= 11 is 0. The Bertz CT molecular complexity index is 639. The first-order valence-corrected chi connectivity index (χ1v) is 8.99. The van der Waals surface area contributed by atoms with Crippen LogP contribution in [-0.2, 0) is 14.3 Å². The first-order valence-electron chi connectivity index (χ1n) is 8.99. The second kappa shape index (κ2) is 7.54. The minimum absolute atomic E-state index is 0.0171. The van der Waals surface area contributed by atoms with E-state index in [2.05, 4.69) is 35.9 Å². The molecule has 6 heteroatoms. The molecule has 2 heterocycles. The molecule has 1 aromatic carbocycles. The molecule has 6 nitrogen and oxygen atoms in total. The SMILES string of the molecule is CC(C)c1cccc(NC(=O)CNC2C(=O)NCC23CCOCC3)c1. The van der Waals surface area contributed by atoms with Crippen molar-refractivity contribution in [1.29, 1.82) is 0 Å². The van der Waals surface area contributed by atoms with E-state index in [1.165, 1.54) is 5.56 Å². The van der Waals surface area contributed by atoms with Crippen LogP contribution in [0.2, 0.25) is 0 Å². The molecular formula is C19H27N3O3. The number of hydrogen-bond acceptors (Lipinski definition) is 4. The molecule has 2 fully saturated rings. The van der Waals surface area contributed by atoms with E-state index < -0.39 is 0 Å². The Hall–Kier alpha value is -1.92. The van der Waals surface area contributed by atoms with Crippen molar-refractivity contribution >= 4 is 17.5 Å². The number of anilines is 1. The van der Waals surface area contributed by atoms with E-state index in [1.54, 1.807) is 0 Å². The maximum Gasteiger partial charge on any atom is 0.238 e. The van der Waals surface area contributed by atoms with Crippen molar-refractivity contribution in [3.8, 4) is 0 Å². The van der Waals surface area contributed by atoms with Gasteiger partial charge in [-0.15, -0.1) is 0 Å². The molecule has 0 aromatic heterocycles. The zero-order chi connectivity index (χ0) is 17.9. The van der Waals surface area contributed by atoms with Crippen LogP contribution in [0.5, 0.6) is 0 Å². The summed E-state index contributed by atoms with van der Waals surface area (Å²) in [6, 6.07) is 7.54. The number of benzene rings is 1. The van der Waals surface area contributed by atoms with Gasteiger partial charge in [-0.3, -0.25) is 14.9 Å². The van der Waals surface area contributed by atoms with Crippen LogP contribution in [-0.4, -0.2) is 44.2 Å². The summed E-state index contributed by atoms with van der Waals surface area (Å²) in [5, 5.41) is 9.01. The van der Waals surface area contributed by atoms with E-state index in [0.29, 0.717) is 25.7 Å². The van der Waals surface area contributed by atoms with Crippen LogP contribution < -0.4 is 16.0 Å². The lowest BCUT2D eigenvalue weighted by atomic mass is 9.76. The molecule has 2 amide bonds. The first kappa shape index (κ1) is 17.9. The summed E-state index contributed by atoms with van der Waals surface area (Å²) in [5.41, 5.74) is 1.84. The van der Waals surface area contributed by atoms with E-state index in [1.807, 2.05) is 18.2 Å². The van der Waals surface area contributed by atoms with Crippen molar-refractivity contribution < 1.29 is 14.3 Å². The van der Waals surface area contributed by atoms with Gasteiger partial charge >= 0.3 is 0 Å². The molecular weight excluding hydrogens is 318 g/mol. The largest absolute Gasteiger partial charge is 0.381 e. The average molecular weight is 345 g/mol. The highest BCUT2D eigenvalue weighted by Crippen LogP contribution is 2.37. The van der Waals surface area contributed by atoms with Crippen molar-refractivity contribution in [1.82, 2.24) is 10.6 Å². The van der Waals surface area contributed by atoms with Crippen LogP contribution >= 0.6 is 0 Å². The number of hydrogen-bond donors (Lipinski definition) is 3. The van der Waals surface area contributed by atoms with E-state index in [-0.39, 0.29) is 29.8 Å². The number of carbonyl (C=O) groups is 2. The van der Waals surface area contributed by atoms with Crippen molar-refractivity contribution in [2.45, 2.75) is 38.6 Å². The van der Waals surface area contributed by atoms with Crippen molar-refractivity contribution in [3.63, 3.8) is 0 Å². The summed E-state index contributed by atoms with van der Waals surface area (Å²) in [4.78, 5) is 24.5. The summed E-state index contributed by atoms with van der Waals surface area (Å²) in [7, 11) is 0.